The van der Waals surface area contributed by atoms with Gasteiger partial charge in [-0.2, -0.15) is 0 Å². The van der Waals surface area contributed by atoms with Crippen LogP contribution in [0.5, 0.6) is 0 Å². The van der Waals surface area contributed by atoms with Crippen LogP contribution < -0.4 is 0 Å². The van der Waals surface area contributed by atoms with Gasteiger partial charge in [0.25, 0.3) is 0 Å². The largest absolute Gasteiger partial charge is 0.456 e. The van der Waals surface area contributed by atoms with E-state index in [-0.39, 0.29) is 5.41 Å². The van der Waals surface area contributed by atoms with Crippen LogP contribution >= 0.6 is 0 Å². The highest BCUT2D eigenvalue weighted by atomic mass is 16.3. The highest BCUT2D eigenvalue weighted by Crippen LogP contribution is 2.56. The monoisotopic (exact) mass is 1260 g/mol. The van der Waals surface area contributed by atoms with E-state index in [4.69, 9.17) is 8.83 Å². The van der Waals surface area contributed by atoms with Crippen LogP contribution in [0.4, 0.5) is 0 Å². The number of para-hydroxylation sites is 2. The zero-order valence-corrected chi connectivity index (χ0v) is 55.9. The Bertz CT molecular complexity index is 5820. The lowest BCUT2D eigenvalue weighted by molar-refractivity contribution is 0.398. The summed E-state index contributed by atoms with van der Waals surface area (Å²) in [7, 11) is 0. The van der Waals surface area contributed by atoms with Crippen LogP contribution in [-0.2, 0) is 31.1 Å². The summed E-state index contributed by atoms with van der Waals surface area (Å²) in [5, 5.41) is 9.55. The molecule has 4 nitrogen and oxygen atoms in total. The third kappa shape index (κ3) is 9.67. The molecule has 0 saturated heterocycles. The molecule has 0 N–H and O–H groups in total. The van der Waals surface area contributed by atoms with Crippen molar-refractivity contribution in [3.05, 3.63) is 264 Å². The Balaban J connectivity index is 0.784. The van der Waals surface area contributed by atoms with Gasteiger partial charge in [-0.3, -0.25) is 0 Å². The van der Waals surface area contributed by atoms with Gasteiger partial charge in [0.05, 0.1) is 22.1 Å². The number of benzene rings is 12. The number of unbranched alkanes of at least 4 members (excludes halogenated alkanes) is 10. The first-order valence-corrected chi connectivity index (χ1v) is 36.5. The summed E-state index contributed by atoms with van der Waals surface area (Å²) < 4.78 is 17.8. The highest BCUT2D eigenvalue weighted by Gasteiger charge is 2.43. The Kier molecular flexibility index (Phi) is 14.2. The first-order valence-electron chi connectivity index (χ1n) is 36.5. The van der Waals surface area contributed by atoms with E-state index < -0.39 is 0 Å². The second kappa shape index (κ2) is 23.6. The highest BCUT2D eigenvalue weighted by molar-refractivity contribution is 6.15. The first-order chi connectivity index (χ1) is 47.9. The van der Waals surface area contributed by atoms with Crippen LogP contribution in [0.1, 0.15) is 137 Å². The molecule has 0 spiro atoms. The van der Waals surface area contributed by atoms with E-state index in [9.17, 15) is 0 Å². The van der Waals surface area contributed by atoms with Gasteiger partial charge in [-0.1, -0.05) is 206 Å². The summed E-state index contributed by atoms with van der Waals surface area (Å²) in [6.45, 7) is 4.68. The van der Waals surface area contributed by atoms with Gasteiger partial charge in [0.2, 0.25) is 0 Å². The summed E-state index contributed by atoms with van der Waals surface area (Å²) in [4.78, 5) is 0. The Morgan fingerprint density at radius 3 is 1.10 bits per heavy atom. The molecule has 12 aromatic carbocycles. The summed E-state index contributed by atoms with van der Waals surface area (Å²) in [5.74, 6) is 0. The molecule has 4 heterocycles. The molecule has 4 heteroatoms. The van der Waals surface area contributed by atoms with Crippen molar-refractivity contribution in [1.82, 2.24) is 9.13 Å². The van der Waals surface area contributed by atoms with Gasteiger partial charge < -0.3 is 18.0 Å². The van der Waals surface area contributed by atoms with Gasteiger partial charge in [0.15, 0.2) is 0 Å². The van der Waals surface area contributed by atoms with E-state index in [1.165, 1.54) is 228 Å². The standard InChI is InChI=1S/C93H80N2O2/c1-3-5-7-9-11-17-47-93(48-18-12-10-8-6-4-2)83-57-70(62-27-24-59-23-26-61(59)49-62)30-39-73(83)74-40-38-72(58-84(74)93)95-87-43-32-65(52-79(87)80-54-67(34-44-88(80)95)69-36-46-92-82(56-69)76-20-14-16-22-90(76)97-92)64-31-41-85-77(51-64)78-53-66(33-42-86(78)94(85)71-37-29-60-25-28-63(60)50-71)68-35-45-91-81(55-68)75-19-13-15-21-89(75)96-91/h13-16,19-22,24,27,29-46,49-58H,3-12,17-18,23,25-26,28,47-48H2,1-2H3. The number of hydrogen-bond acceptors (Lipinski definition) is 2. The molecule has 16 aromatic rings. The lowest BCUT2D eigenvalue weighted by Gasteiger charge is -2.33. The molecular weight excluding hydrogens is 1180 g/mol. The number of nitrogens with zero attached hydrogens (tertiary/aromatic N) is 2. The van der Waals surface area contributed by atoms with Crippen LogP contribution in [0.3, 0.4) is 0 Å². The second-order valence-corrected chi connectivity index (χ2v) is 28.8. The van der Waals surface area contributed by atoms with Crippen molar-refractivity contribution in [1.29, 1.82) is 0 Å². The smallest absolute Gasteiger partial charge is 0.135 e. The van der Waals surface area contributed by atoms with Crippen molar-refractivity contribution in [3.8, 4) is 67.0 Å². The summed E-state index contributed by atoms with van der Waals surface area (Å²) in [6, 6.07) is 88.8. The predicted octanol–water partition coefficient (Wildman–Crippen LogP) is 26.3. The maximum absolute atomic E-state index is 6.39. The average Bonchev–Trinajstić information content (AvgIpc) is 1.55. The number of aryl methyl sites for hydroxylation is 4. The van der Waals surface area contributed by atoms with E-state index in [2.05, 4.69) is 254 Å². The zero-order chi connectivity index (χ0) is 64.3. The summed E-state index contributed by atoms with van der Waals surface area (Å²) in [6.07, 6.45) is 22.5. The number of fused-ring (bicyclic) bond motifs is 17. The SMILES string of the molecule is CCCCCCCCC1(CCCCCCCC)c2cc(-c3ccc4c(c3)CC4)ccc2-c2ccc(-n3c4ccc(-c5ccc6oc7ccccc7c6c5)cc4c4cc(-c5ccc6c(c5)c5cc(-c7ccc8oc9ccccc9c8c7)ccc5n6-c5ccc6c(c5)CC6)ccc43)cc21. The Morgan fingerprint density at radius 2 is 0.629 bits per heavy atom. The van der Waals surface area contributed by atoms with Crippen LogP contribution in [0.2, 0.25) is 0 Å². The van der Waals surface area contributed by atoms with Gasteiger partial charge >= 0.3 is 0 Å². The Morgan fingerprint density at radius 1 is 0.278 bits per heavy atom. The number of furan rings is 2. The number of aromatic nitrogens is 2. The molecule has 3 aliphatic carbocycles. The molecule has 97 heavy (non-hydrogen) atoms. The van der Waals surface area contributed by atoms with Crippen LogP contribution in [0, 0.1) is 0 Å². The lowest BCUT2D eigenvalue weighted by Crippen LogP contribution is -2.26. The summed E-state index contributed by atoms with van der Waals surface area (Å²) in [5.41, 5.74) is 32.6. The van der Waals surface area contributed by atoms with E-state index in [0.29, 0.717) is 0 Å². The third-order valence-corrected chi connectivity index (χ3v) is 23.1. The van der Waals surface area contributed by atoms with Gasteiger partial charge in [-0.15, -0.1) is 0 Å². The van der Waals surface area contributed by atoms with Crippen LogP contribution in [0.25, 0.3) is 154 Å². The molecule has 0 atom stereocenters. The van der Waals surface area contributed by atoms with E-state index in [1.807, 2.05) is 0 Å². The Hall–Kier alpha value is -10.2. The second-order valence-electron chi connectivity index (χ2n) is 28.8. The topological polar surface area (TPSA) is 36.1 Å². The average molecular weight is 1260 g/mol. The van der Waals surface area contributed by atoms with Gasteiger partial charge in [-0.05, 0) is 243 Å². The van der Waals surface area contributed by atoms with E-state index >= 15 is 0 Å². The molecule has 0 aliphatic heterocycles. The van der Waals surface area contributed by atoms with Crippen molar-refractivity contribution in [2.45, 2.75) is 135 Å². The minimum Gasteiger partial charge on any atom is -0.456 e. The number of hydrogen-bond donors (Lipinski definition) is 0. The van der Waals surface area contributed by atoms with E-state index in [0.717, 1.165) is 69.6 Å². The van der Waals surface area contributed by atoms with Gasteiger partial charge in [-0.25, -0.2) is 0 Å². The molecule has 0 amide bonds. The van der Waals surface area contributed by atoms with Crippen molar-refractivity contribution in [3.63, 3.8) is 0 Å². The minimum atomic E-state index is -0.104. The zero-order valence-electron chi connectivity index (χ0n) is 55.9. The van der Waals surface area contributed by atoms with Crippen molar-refractivity contribution >= 4 is 87.5 Å². The molecule has 19 rings (SSSR count). The molecule has 3 aliphatic rings. The van der Waals surface area contributed by atoms with Gasteiger partial charge in [0, 0.05) is 59.9 Å². The number of rotatable bonds is 20. The molecule has 474 valence electrons. The normalized spacial score (nSPS) is 13.8. The molecule has 0 unspecified atom stereocenters. The van der Waals surface area contributed by atoms with Crippen molar-refractivity contribution in [2.75, 3.05) is 0 Å². The molecule has 0 bridgehead atoms. The van der Waals surface area contributed by atoms with Gasteiger partial charge in [0.1, 0.15) is 22.3 Å². The summed E-state index contributed by atoms with van der Waals surface area (Å²) >= 11 is 0. The quantitative estimate of drug-likeness (QED) is 0.0713. The maximum Gasteiger partial charge on any atom is 0.135 e. The molecule has 0 radical (unpaired) electrons. The van der Waals surface area contributed by atoms with Crippen molar-refractivity contribution < 1.29 is 8.83 Å². The molecule has 0 saturated carbocycles. The third-order valence-electron chi connectivity index (χ3n) is 23.1. The fourth-order valence-electron chi connectivity index (χ4n) is 17.7. The molecular formula is C93H80N2O2. The minimum absolute atomic E-state index is 0.104. The van der Waals surface area contributed by atoms with Crippen LogP contribution in [-0.4, -0.2) is 9.13 Å². The molecule has 4 aromatic heterocycles. The first kappa shape index (κ1) is 58.2. The fraction of sp³-hybridized carbons (Fsp3) is 0.226. The lowest BCUT2D eigenvalue weighted by atomic mass is 9.70. The van der Waals surface area contributed by atoms with E-state index in [1.54, 1.807) is 5.56 Å². The predicted molar refractivity (Wildman–Crippen MR) is 408 cm³/mol. The van der Waals surface area contributed by atoms with Crippen LogP contribution in [0.15, 0.2) is 239 Å². The van der Waals surface area contributed by atoms with Crippen molar-refractivity contribution in [2.24, 2.45) is 0 Å². The molecule has 0 fully saturated rings. The fourth-order valence-corrected chi connectivity index (χ4v) is 17.7. The Labute approximate surface area is 567 Å². The maximum atomic E-state index is 6.39.